The number of carboxylic acids is 1. The first kappa shape index (κ1) is 15.8. The van der Waals surface area contributed by atoms with Gasteiger partial charge in [0.05, 0.1) is 5.92 Å². The Kier molecular flexibility index (Phi) is 5.61. The molecule has 1 aliphatic rings. The lowest BCUT2D eigenvalue weighted by Gasteiger charge is -2.30. The zero-order valence-corrected chi connectivity index (χ0v) is 12.9. The number of aromatic nitrogens is 1. The van der Waals surface area contributed by atoms with Crippen LogP contribution in [0.2, 0.25) is 0 Å². The minimum Gasteiger partial charge on any atom is -0.481 e. The minimum atomic E-state index is -0.779. The van der Waals surface area contributed by atoms with Gasteiger partial charge in [-0.05, 0) is 32.9 Å². The first-order valence-corrected chi connectivity index (χ1v) is 7.69. The van der Waals surface area contributed by atoms with Crippen LogP contribution in [0.5, 0.6) is 0 Å². The van der Waals surface area contributed by atoms with Crippen molar-refractivity contribution in [2.45, 2.75) is 33.1 Å². The van der Waals surface area contributed by atoms with Gasteiger partial charge in [0.1, 0.15) is 5.76 Å². The lowest BCUT2D eigenvalue weighted by atomic mass is 10.1. The molecule has 0 aliphatic carbocycles. The molecule has 1 aromatic rings. The summed E-state index contributed by atoms with van der Waals surface area (Å²) in [6.07, 6.45) is 3.84. The van der Waals surface area contributed by atoms with Crippen molar-refractivity contribution in [3.63, 3.8) is 0 Å². The van der Waals surface area contributed by atoms with Gasteiger partial charge in [-0.15, -0.1) is 0 Å². The summed E-state index contributed by atoms with van der Waals surface area (Å²) in [6, 6.07) is 1.87. The molecule has 0 radical (unpaired) electrons. The van der Waals surface area contributed by atoms with E-state index in [1.165, 1.54) is 19.3 Å². The Morgan fingerprint density at radius 3 is 2.76 bits per heavy atom. The van der Waals surface area contributed by atoms with E-state index in [0.717, 1.165) is 37.8 Å². The van der Waals surface area contributed by atoms with Crippen molar-refractivity contribution in [1.82, 2.24) is 10.1 Å². The van der Waals surface area contributed by atoms with E-state index in [0.29, 0.717) is 6.54 Å². The minimum absolute atomic E-state index is 0.427. The normalized spacial score (nSPS) is 17.6. The van der Waals surface area contributed by atoms with Crippen molar-refractivity contribution in [1.29, 1.82) is 0 Å². The van der Waals surface area contributed by atoms with Gasteiger partial charge in [-0.1, -0.05) is 18.5 Å². The van der Waals surface area contributed by atoms with Crippen LogP contribution in [0.1, 0.15) is 31.9 Å². The Hall–Kier alpha value is -1.56. The van der Waals surface area contributed by atoms with Crippen molar-refractivity contribution >= 4 is 11.8 Å². The fraction of sp³-hybridized carbons (Fsp3) is 0.733. The van der Waals surface area contributed by atoms with Crippen molar-refractivity contribution in [3.05, 3.63) is 11.8 Å². The molecule has 1 aromatic heterocycles. The second-order valence-electron chi connectivity index (χ2n) is 5.88. The molecule has 0 amide bonds. The van der Waals surface area contributed by atoms with Gasteiger partial charge >= 0.3 is 5.97 Å². The van der Waals surface area contributed by atoms with E-state index < -0.39 is 11.9 Å². The molecule has 1 unspecified atom stereocenters. The third-order valence-electron chi connectivity index (χ3n) is 3.99. The van der Waals surface area contributed by atoms with Gasteiger partial charge in [0, 0.05) is 25.7 Å². The Bertz CT molecular complexity index is 455. The van der Waals surface area contributed by atoms with E-state index in [9.17, 15) is 4.79 Å². The molecule has 2 rings (SSSR count). The summed E-state index contributed by atoms with van der Waals surface area (Å²) in [5, 5.41) is 13.2. The van der Waals surface area contributed by atoms with Gasteiger partial charge in [0.15, 0.2) is 5.82 Å². The molecule has 1 saturated heterocycles. The van der Waals surface area contributed by atoms with E-state index in [1.54, 1.807) is 6.92 Å². The number of rotatable bonds is 7. The van der Waals surface area contributed by atoms with E-state index >= 15 is 0 Å². The van der Waals surface area contributed by atoms with Crippen molar-refractivity contribution < 1.29 is 14.4 Å². The Labute approximate surface area is 125 Å². The summed E-state index contributed by atoms with van der Waals surface area (Å²) in [4.78, 5) is 15.6. The van der Waals surface area contributed by atoms with Crippen LogP contribution in [0.25, 0.3) is 0 Å². The number of carbonyl (C=O) groups is 1. The first-order chi connectivity index (χ1) is 10.1. The second kappa shape index (κ2) is 7.45. The van der Waals surface area contributed by atoms with Crippen LogP contribution < -0.4 is 4.90 Å². The SMILES string of the molecule is Cc1cc(N(CCN2CCCCC2)CC(C)C(=O)O)no1. The standard InChI is InChI=1S/C15H25N3O3/c1-12(15(19)20)11-18(14-10-13(2)21-16-14)9-8-17-6-4-3-5-7-17/h10,12H,3-9,11H2,1-2H3,(H,19,20). The fourth-order valence-electron chi connectivity index (χ4n) is 2.66. The number of likely N-dealkylation sites (tertiary alicyclic amines) is 1. The summed E-state index contributed by atoms with van der Waals surface area (Å²) in [5.41, 5.74) is 0. The second-order valence-corrected chi connectivity index (χ2v) is 5.88. The molecular formula is C15H25N3O3. The smallest absolute Gasteiger partial charge is 0.308 e. The summed E-state index contributed by atoms with van der Waals surface area (Å²) in [7, 11) is 0. The molecule has 0 bridgehead atoms. The van der Waals surface area contributed by atoms with Gasteiger partial charge in [-0.3, -0.25) is 4.79 Å². The third kappa shape index (κ3) is 4.74. The molecule has 0 spiro atoms. The monoisotopic (exact) mass is 295 g/mol. The lowest BCUT2D eigenvalue weighted by molar-refractivity contribution is -0.140. The molecule has 1 N–H and O–H groups in total. The fourth-order valence-corrected chi connectivity index (χ4v) is 2.66. The molecule has 1 atom stereocenters. The van der Waals surface area contributed by atoms with Crippen molar-refractivity contribution in [2.75, 3.05) is 37.6 Å². The summed E-state index contributed by atoms with van der Waals surface area (Å²) >= 11 is 0. The number of hydrogen-bond acceptors (Lipinski definition) is 5. The van der Waals surface area contributed by atoms with Crippen LogP contribution in [-0.2, 0) is 4.79 Å². The predicted octanol–water partition coefficient (Wildman–Crippen LogP) is 2.00. The topological polar surface area (TPSA) is 69.8 Å². The summed E-state index contributed by atoms with van der Waals surface area (Å²) in [5.74, 6) is 0.273. The van der Waals surface area contributed by atoms with E-state index in [1.807, 2.05) is 17.9 Å². The molecule has 0 saturated carbocycles. The predicted molar refractivity (Wildman–Crippen MR) is 80.5 cm³/mol. The van der Waals surface area contributed by atoms with Gasteiger partial charge in [-0.25, -0.2) is 0 Å². The van der Waals surface area contributed by atoms with Gasteiger partial charge in [-0.2, -0.15) is 0 Å². The maximum atomic E-state index is 11.1. The number of nitrogens with zero attached hydrogens (tertiary/aromatic N) is 3. The molecule has 0 aromatic carbocycles. The Balaban J connectivity index is 1.95. The van der Waals surface area contributed by atoms with Crippen LogP contribution in [0.15, 0.2) is 10.6 Å². The Morgan fingerprint density at radius 2 is 2.19 bits per heavy atom. The number of aliphatic carboxylic acids is 1. The highest BCUT2D eigenvalue weighted by molar-refractivity contribution is 5.70. The van der Waals surface area contributed by atoms with Crippen LogP contribution in [0, 0.1) is 12.8 Å². The molecule has 6 heteroatoms. The molecular weight excluding hydrogens is 270 g/mol. The molecule has 118 valence electrons. The Morgan fingerprint density at radius 1 is 1.48 bits per heavy atom. The lowest BCUT2D eigenvalue weighted by Crippen LogP contribution is -2.40. The van der Waals surface area contributed by atoms with E-state index in [2.05, 4.69) is 10.1 Å². The molecule has 21 heavy (non-hydrogen) atoms. The van der Waals surface area contributed by atoms with Crippen molar-refractivity contribution in [2.24, 2.45) is 5.92 Å². The highest BCUT2D eigenvalue weighted by atomic mass is 16.5. The van der Waals surface area contributed by atoms with Crippen LogP contribution in [0.4, 0.5) is 5.82 Å². The maximum Gasteiger partial charge on any atom is 0.308 e. The number of piperidine rings is 1. The zero-order chi connectivity index (χ0) is 15.2. The quantitative estimate of drug-likeness (QED) is 0.829. The van der Waals surface area contributed by atoms with Crippen LogP contribution in [0.3, 0.4) is 0 Å². The van der Waals surface area contributed by atoms with Crippen LogP contribution >= 0.6 is 0 Å². The highest BCUT2D eigenvalue weighted by Crippen LogP contribution is 2.16. The number of hydrogen-bond donors (Lipinski definition) is 1. The summed E-state index contributed by atoms with van der Waals surface area (Å²) < 4.78 is 5.13. The van der Waals surface area contributed by atoms with Crippen molar-refractivity contribution in [3.8, 4) is 0 Å². The van der Waals surface area contributed by atoms with E-state index in [4.69, 9.17) is 9.63 Å². The number of carboxylic acid groups (broad SMARTS) is 1. The van der Waals surface area contributed by atoms with Gasteiger partial charge in [0.25, 0.3) is 0 Å². The van der Waals surface area contributed by atoms with Gasteiger partial charge in [0.2, 0.25) is 0 Å². The number of anilines is 1. The van der Waals surface area contributed by atoms with E-state index in [-0.39, 0.29) is 0 Å². The molecule has 6 nitrogen and oxygen atoms in total. The number of aryl methyl sites for hydroxylation is 1. The zero-order valence-electron chi connectivity index (χ0n) is 12.9. The average Bonchev–Trinajstić information content (AvgIpc) is 2.90. The van der Waals surface area contributed by atoms with Crippen LogP contribution in [-0.4, -0.2) is 53.9 Å². The molecule has 1 fully saturated rings. The molecule has 1 aliphatic heterocycles. The third-order valence-corrected chi connectivity index (χ3v) is 3.99. The summed E-state index contributed by atoms with van der Waals surface area (Å²) in [6.45, 7) is 8.03. The average molecular weight is 295 g/mol. The van der Waals surface area contributed by atoms with Gasteiger partial charge < -0.3 is 19.4 Å². The molecule has 2 heterocycles. The first-order valence-electron chi connectivity index (χ1n) is 7.69. The largest absolute Gasteiger partial charge is 0.481 e. The highest BCUT2D eigenvalue weighted by Gasteiger charge is 2.20. The maximum absolute atomic E-state index is 11.1.